The normalized spacial score (nSPS) is 11.1. The van der Waals surface area contributed by atoms with Gasteiger partial charge in [0.15, 0.2) is 0 Å². The fourth-order valence-electron chi connectivity index (χ4n) is 3.84. The standard InChI is InChI=1S/C27H29N3O2/c1-4-29(22-10-6-5-7-11-22)27(31)18-30-25-13-9-8-12-24(25)28-26(30)19-32-23-16-14-21(15-17-23)20(2)3/h5-17,20H,4,18-19H2,1-3H3. The summed E-state index contributed by atoms with van der Waals surface area (Å²) < 4.78 is 8.01. The fourth-order valence-corrected chi connectivity index (χ4v) is 3.84. The van der Waals surface area contributed by atoms with Crippen LogP contribution in [-0.2, 0) is 17.9 Å². The SMILES string of the molecule is CCN(C(=O)Cn1c(COc2ccc(C(C)C)cc2)nc2ccccc21)c1ccccc1. The van der Waals surface area contributed by atoms with Crippen LogP contribution in [0.15, 0.2) is 78.9 Å². The summed E-state index contributed by atoms with van der Waals surface area (Å²) in [5.74, 6) is 2.02. The Kier molecular flexibility index (Phi) is 6.55. The van der Waals surface area contributed by atoms with E-state index in [2.05, 4.69) is 26.0 Å². The summed E-state index contributed by atoms with van der Waals surface area (Å²) in [5, 5.41) is 0. The van der Waals surface area contributed by atoms with Gasteiger partial charge in [0.1, 0.15) is 24.7 Å². The number of likely N-dealkylation sites (N-methyl/N-ethyl adjacent to an activating group) is 1. The largest absolute Gasteiger partial charge is 0.486 e. The molecule has 32 heavy (non-hydrogen) atoms. The summed E-state index contributed by atoms with van der Waals surface area (Å²) in [7, 11) is 0. The molecule has 0 aliphatic carbocycles. The molecule has 0 fully saturated rings. The second kappa shape index (κ2) is 9.69. The van der Waals surface area contributed by atoms with Gasteiger partial charge in [0.25, 0.3) is 0 Å². The predicted molar refractivity (Wildman–Crippen MR) is 129 cm³/mol. The van der Waals surface area contributed by atoms with Crippen molar-refractivity contribution in [3.8, 4) is 5.75 Å². The van der Waals surface area contributed by atoms with E-state index >= 15 is 0 Å². The van der Waals surface area contributed by atoms with Gasteiger partial charge in [0.05, 0.1) is 11.0 Å². The molecular weight excluding hydrogens is 398 g/mol. The zero-order valence-corrected chi connectivity index (χ0v) is 18.9. The molecule has 0 aliphatic heterocycles. The average Bonchev–Trinajstić information content (AvgIpc) is 3.16. The molecule has 5 nitrogen and oxygen atoms in total. The molecule has 0 bridgehead atoms. The Balaban J connectivity index is 1.58. The molecule has 0 aliphatic rings. The summed E-state index contributed by atoms with van der Waals surface area (Å²) in [4.78, 5) is 19.8. The lowest BCUT2D eigenvalue weighted by atomic mass is 10.0. The number of rotatable bonds is 8. The van der Waals surface area contributed by atoms with E-state index in [-0.39, 0.29) is 12.5 Å². The van der Waals surface area contributed by atoms with E-state index < -0.39 is 0 Å². The molecule has 1 heterocycles. The first-order valence-electron chi connectivity index (χ1n) is 11.1. The number of anilines is 1. The second-order valence-corrected chi connectivity index (χ2v) is 8.09. The summed E-state index contributed by atoms with van der Waals surface area (Å²) in [6.45, 7) is 7.43. The molecule has 4 aromatic rings. The third-order valence-electron chi connectivity index (χ3n) is 5.63. The number of ether oxygens (including phenoxy) is 1. The van der Waals surface area contributed by atoms with E-state index in [1.165, 1.54) is 5.56 Å². The van der Waals surface area contributed by atoms with Crippen molar-refractivity contribution in [1.29, 1.82) is 0 Å². The van der Waals surface area contributed by atoms with Gasteiger partial charge in [-0.3, -0.25) is 4.79 Å². The van der Waals surface area contributed by atoms with Crippen molar-refractivity contribution >= 4 is 22.6 Å². The highest BCUT2D eigenvalue weighted by Crippen LogP contribution is 2.22. The van der Waals surface area contributed by atoms with Crippen molar-refractivity contribution in [3.05, 3.63) is 90.3 Å². The number of imidazole rings is 1. The molecule has 164 valence electrons. The van der Waals surface area contributed by atoms with Gasteiger partial charge in [-0.2, -0.15) is 0 Å². The van der Waals surface area contributed by atoms with Crippen LogP contribution in [0, 0.1) is 0 Å². The molecule has 0 saturated heterocycles. The highest BCUT2D eigenvalue weighted by molar-refractivity contribution is 5.94. The van der Waals surface area contributed by atoms with Gasteiger partial charge < -0.3 is 14.2 Å². The summed E-state index contributed by atoms with van der Waals surface area (Å²) in [5.41, 5.74) is 3.96. The minimum absolute atomic E-state index is 0.0180. The molecule has 0 N–H and O–H groups in total. The van der Waals surface area contributed by atoms with Crippen LogP contribution in [0.1, 0.15) is 38.1 Å². The van der Waals surface area contributed by atoms with Crippen LogP contribution in [-0.4, -0.2) is 22.0 Å². The third-order valence-corrected chi connectivity index (χ3v) is 5.63. The first-order chi connectivity index (χ1) is 15.6. The van der Waals surface area contributed by atoms with E-state index in [1.54, 1.807) is 4.90 Å². The monoisotopic (exact) mass is 427 g/mol. The molecule has 0 unspecified atom stereocenters. The Bertz CT molecular complexity index is 1180. The number of para-hydroxylation sites is 3. The second-order valence-electron chi connectivity index (χ2n) is 8.09. The molecule has 0 atom stereocenters. The smallest absolute Gasteiger partial charge is 0.246 e. The van der Waals surface area contributed by atoms with Crippen molar-refractivity contribution in [1.82, 2.24) is 9.55 Å². The first kappa shape index (κ1) is 21.6. The minimum atomic E-state index is 0.0180. The molecule has 3 aromatic carbocycles. The number of hydrogen-bond acceptors (Lipinski definition) is 3. The van der Waals surface area contributed by atoms with E-state index in [1.807, 2.05) is 78.2 Å². The lowest BCUT2D eigenvalue weighted by Crippen LogP contribution is -2.34. The molecule has 0 radical (unpaired) electrons. The summed E-state index contributed by atoms with van der Waals surface area (Å²) >= 11 is 0. The maximum Gasteiger partial charge on any atom is 0.246 e. The quantitative estimate of drug-likeness (QED) is 0.357. The van der Waals surface area contributed by atoms with Crippen LogP contribution in [0.4, 0.5) is 5.69 Å². The number of nitrogens with zero attached hydrogens (tertiary/aromatic N) is 3. The number of hydrogen-bond donors (Lipinski definition) is 0. The molecule has 5 heteroatoms. The highest BCUT2D eigenvalue weighted by atomic mass is 16.5. The van der Waals surface area contributed by atoms with Crippen molar-refractivity contribution in [2.24, 2.45) is 0 Å². The number of benzene rings is 3. The molecular formula is C27H29N3O2. The Labute approximate surface area is 189 Å². The minimum Gasteiger partial charge on any atom is -0.486 e. The van der Waals surface area contributed by atoms with E-state index in [0.29, 0.717) is 19.1 Å². The molecule has 1 amide bonds. The van der Waals surface area contributed by atoms with Crippen LogP contribution in [0.3, 0.4) is 0 Å². The number of carbonyl (C=O) groups is 1. The van der Waals surface area contributed by atoms with Crippen LogP contribution in [0.25, 0.3) is 11.0 Å². The molecule has 4 rings (SSSR count). The highest BCUT2D eigenvalue weighted by Gasteiger charge is 2.19. The van der Waals surface area contributed by atoms with Crippen molar-refractivity contribution in [3.63, 3.8) is 0 Å². The lowest BCUT2D eigenvalue weighted by Gasteiger charge is -2.22. The average molecular weight is 428 g/mol. The fraction of sp³-hybridized carbons (Fsp3) is 0.259. The molecule has 0 spiro atoms. The van der Waals surface area contributed by atoms with Gasteiger partial charge >= 0.3 is 0 Å². The van der Waals surface area contributed by atoms with Gasteiger partial charge in [0.2, 0.25) is 5.91 Å². The van der Waals surface area contributed by atoms with Gasteiger partial charge in [-0.15, -0.1) is 0 Å². The maximum absolute atomic E-state index is 13.3. The van der Waals surface area contributed by atoms with Crippen LogP contribution < -0.4 is 9.64 Å². The Morgan fingerprint density at radius 3 is 2.34 bits per heavy atom. The lowest BCUT2D eigenvalue weighted by molar-refractivity contribution is -0.119. The van der Waals surface area contributed by atoms with Gasteiger partial charge in [0, 0.05) is 12.2 Å². The number of fused-ring (bicyclic) bond motifs is 1. The van der Waals surface area contributed by atoms with Gasteiger partial charge in [-0.05, 0) is 54.8 Å². The molecule has 1 aromatic heterocycles. The number of carbonyl (C=O) groups excluding carboxylic acids is 1. The third kappa shape index (κ3) is 4.67. The van der Waals surface area contributed by atoms with E-state index in [4.69, 9.17) is 9.72 Å². The Morgan fingerprint density at radius 2 is 1.66 bits per heavy atom. The van der Waals surface area contributed by atoms with E-state index in [0.717, 1.165) is 28.3 Å². The number of aromatic nitrogens is 2. The van der Waals surface area contributed by atoms with Crippen LogP contribution in [0.2, 0.25) is 0 Å². The predicted octanol–water partition coefficient (Wildman–Crippen LogP) is 5.79. The van der Waals surface area contributed by atoms with Crippen molar-refractivity contribution in [2.75, 3.05) is 11.4 Å². The van der Waals surface area contributed by atoms with Crippen LogP contribution in [0.5, 0.6) is 5.75 Å². The van der Waals surface area contributed by atoms with Gasteiger partial charge in [-0.25, -0.2) is 4.98 Å². The zero-order chi connectivity index (χ0) is 22.5. The van der Waals surface area contributed by atoms with Crippen molar-refractivity contribution < 1.29 is 9.53 Å². The van der Waals surface area contributed by atoms with E-state index in [9.17, 15) is 4.79 Å². The van der Waals surface area contributed by atoms with Crippen molar-refractivity contribution in [2.45, 2.75) is 39.8 Å². The summed E-state index contributed by atoms with van der Waals surface area (Å²) in [6, 6.07) is 25.8. The molecule has 0 saturated carbocycles. The zero-order valence-electron chi connectivity index (χ0n) is 18.9. The Hall–Kier alpha value is -3.60. The maximum atomic E-state index is 13.3. The topological polar surface area (TPSA) is 47.4 Å². The Morgan fingerprint density at radius 1 is 0.969 bits per heavy atom. The van der Waals surface area contributed by atoms with Gasteiger partial charge in [-0.1, -0.05) is 56.3 Å². The first-order valence-corrected chi connectivity index (χ1v) is 11.1. The number of amides is 1. The van der Waals surface area contributed by atoms with Crippen LogP contribution >= 0.6 is 0 Å². The summed E-state index contributed by atoms with van der Waals surface area (Å²) in [6.07, 6.45) is 0.